The van der Waals surface area contributed by atoms with Gasteiger partial charge in [-0.25, -0.2) is 23.4 Å². The second-order valence-electron chi connectivity index (χ2n) is 9.29. The van der Waals surface area contributed by atoms with Crippen LogP contribution >= 0.6 is 0 Å². The van der Waals surface area contributed by atoms with Crippen LogP contribution in [-0.2, 0) is 12.7 Å². The molecule has 0 atom stereocenters. The van der Waals surface area contributed by atoms with Crippen molar-refractivity contribution in [3.63, 3.8) is 0 Å². The number of tetrazole rings is 1. The number of pyridine rings is 1. The predicted octanol–water partition coefficient (Wildman–Crippen LogP) is 4.53. The van der Waals surface area contributed by atoms with Gasteiger partial charge in [0.1, 0.15) is 18.0 Å². The Kier molecular flexibility index (Phi) is 6.16. The highest BCUT2D eigenvalue weighted by molar-refractivity contribution is 5.83. The summed E-state index contributed by atoms with van der Waals surface area (Å²) in [6.45, 7) is 1.07. The van der Waals surface area contributed by atoms with Crippen LogP contribution in [0.15, 0.2) is 55.4 Å². The molecule has 0 saturated carbocycles. The van der Waals surface area contributed by atoms with E-state index in [0.29, 0.717) is 42.5 Å². The number of nitrogens with zero attached hydrogens (tertiary/aromatic N) is 9. The second-order valence-corrected chi connectivity index (χ2v) is 9.29. The average molecular weight is 541 g/mol. The van der Waals surface area contributed by atoms with E-state index in [4.69, 9.17) is 0 Å². The van der Waals surface area contributed by atoms with E-state index in [-0.39, 0.29) is 24.1 Å². The average Bonchev–Trinajstić information content (AvgIpc) is 3.60. The Labute approximate surface area is 217 Å². The van der Waals surface area contributed by atoms with Crippen LogP contribution in [0.4, 0.5) is 27.9 Å². The Morgan fingerprint density at radius 2 is 1.69 bits per heavy atom. The van der Waals surface area contributed by atoms with Crippen molar-refractivity contribution in [3.8, 4) is 5.69 Å². The Hall–Kier alpha value is -4.49. The highest BCUT2D eigenvalue weighted by atomic mass is 19.4. The molecule has 5 aromatic rings. The lowest BCUT2D eigenvalue weighted by Gasteiger charge is -2.32. The largest absolute Gasteiger partial charge is 0.419 e. The zero-order valence-electron chi connectivity index (χ0n) is 20.2. The lowest BCUT2D eigenvalue weighted by atomic mass is 9.90. The third-order valence-corrected chi connectivity index (χ3v) is 6.89. The molecule has 1 aliphatic rings. The predicted molar refractivity (Wildman–Crippen MR) is 129 cm³/mol. The number of aromatic nitrogens is 8. The monoisotopic (exact) mass is 541 g/mol. The molecule has 14 heteroatoms. The van der Waals surface area contributed by atoms with Crippen molar-refractivity contribution < 1.29 is 22.0 Å². The van der Waals surface area contributed by atoms with Gasteiger partial charge in [-0.3, -0.25) is 4.98 Å². The molecule has 1 fully saturated rings. The SMILES string of the molecule is Fc1cc(C2CCN(c3ncc(C(F)(F)F)cn3)CC2)cnc1Cn1ccc2cc(-n3cnnn3)cc(F)c21. The molecule has 0 radical (unpaired) electrons. The molecule has 1 aromatic carbocycles. The summed E-state index contributed by atoms with van der Waals surface area (Å²) >= 11 is 0. The van der Waals surface area contributed by atoms with Crippen LogP contribution in [0, 0.1) is 11.6 Å². The standard InChI is InChI=1S/C25H20F5N9/c26-20-8-17(15-1-4-37(5-2-15)24-32-11-18(12-33-24)25(28,29)30)10-31-22(20)13-38-6-3-16-7-19(9-21(27)23(16)38)39-14-34-35-36-39/h3,6-12,14-15H,1-2,4-5,13H2. The first-order chi connectivity index (χ1) is 18.8. The van der Waals surface area contributed by atoms with Crippen LogP contribution in [0.3, 0.4) is 0 Å². The minimum atomic E-state index is -4.49. The van der Waals surface area contributed by atoms with Crippen LogP contribution in [0.25, 0.3) is 16.6 Å². The van der Waals surface area contributed by atoms with Crippen molar-refractivity contribution in [3.05, 3.63) is 83.8 Å². The molecule has 1 saturated heterocycles. The number of halogens is 5. The van der Waals surface area contributed by atoms with Gasteiger partial charge in [-0.2, -0.15) is 13.2 Å². The van der Waals surface area contributed by atoms with Crippen LogP contribution in [0.2, 0.25) is 0 Å². The fourth-order valence-electron chi connectivity index (χ4n) is 4.85. The highest BCUT2D eigenvalue weighted by Gasteiger charge is 2.32. The maximum Gasteiger partial charge on any atom is 0.419 e. The van der Waals surface area contributed by atoms with E-state index in [1.165, 1.54) is 23.1 Å². The molecule has 0 unspecified atom stereocenters. The van der Waals surface area contributed by atoms with Crippen molar-refractivity contribution in [1.29, 1.82) is 0 Å². The van der Waals surface area contributed by atoms with Crippen molar-refractivity contribution in [2.45, 2.75) is 31.5 Å². The number of hydrogen-bond acceptors (Lipinski definition) is 7. The molecule has 0 bridgehead atoms. The van der Waals surface area contributed by atoms with Crippen molar-refractivity contribution in [2.75, 3.05) is 18.0 Å². The van der Waals surface area contributed by atoms with Gasteiger partial charge < -0.3 is 9.47 Å². The quantitative estimate of drug-likeness (QED) is 0.302. The molecule has 4 aromatic heterocycles. The van der Waals surface area contributed by atoms with Gasteiger partial charge in [0.25, 0.3) is 0 Å². The minimum absolute atomic E-state index is 0.0290. The summed E-state index contributed by atoms with van der Waals surface area (Å²) < 4.78 is 71.3. The lowest BCUT2D eigenvalue weighted by molar-refractivity contribution is -0.138. The van der Waals surface area contributed by atoms with Crippen LogP contribution in [0.5, 0.6) is 0 Å². The maximum absolute atomic E-state index is 15.1. The van der Waals surface area contributed by atoms with Crippen molar-refractivity contribution in [1.82, 2.24) is 39.7 Å². The fourth-order valence-corrected chi connectivity index (χ4v) is 4.85. The van der Waals surface area contributed by atoms with Crippen LogP contribution in [-0.4, -0.2) is 52.8 Å². The number of hydrogen-bond donors (Lipinski definition) is 0. The van der Waals surface area contributed by atoms with E-state index in [1.54, 1.807) is 29.1 Å². The van der Waals surface area contributed by atoms with E-state index in [1.807, 2.05) is 4.90 Å². The summed E-state index contributed by atoms with van der Waals surface area (Å²) in [6, 6.07) is 6.23. The normalized spacial score (nSPS) is 14.8. The number of alkyl halides is 3. The smallest absolute Gasteiger partial charge is 0.341 e. The summed E-state index contributed by atoms with van der Waals surface area (Å²) in [4.78, 5) is 13.9. The van der Waals surface area contributed by atoms with Gasteiger partial charge in [0.05, 0.1) is 29.0 Å². The number of benzene rings is 1. The first-order valence-electron chi connectivity index (χ1n) is 12.1. The highest BCUT2D eigenvalue weighted by Crippen LogP contribution is 2.32. The summed E-state index contributed by atoms with van der Waals surface area (Å²) in [5.41, 5.74) is 0.796. The van der Waals surface area contributed by atoms with E-state index >= 15 is 4.39 Å². The van der Waals surface area contributed by atoms with Gasteiger partial charge in [-0.15, -0.1) is 5.10 Å². The third-order valence-electron chi connectivity index (χ3n) is 6.89. The Morgan fingerprint density at radius 3 is 2.36 bits per heavy atom. The molecule has 6 rings (SSSR count). The van der Waals surface area contributed by atoms with E-state index in [2.05, 4.69) is 30.5 Å². The van der Waals surface area contributed by atoms with Crippen LogP contribution < -0.4 is 4.90 Å². The fraction of sp³-hybridized carbons (Fsp3) is 0.280. The van der Waals surface area contributed by atoms with Gasteiger partial charge in [-0.1, -0.05) is 0 Å². The molecule has 0 spiro atoms. The maximum atomic E-state index is 15.1. The van der Waals surface area contributed by atoms with Gasteiger partial charge in [0, 0.05) is 49.3 Å². The van der Waals surface area contributed by atoms with E-state index in [0.717, 1.165) is 18.0 Å². The van der Waals surface area contributed by atoms with E-state index in [9.17, 15) is 17.6 Å². The molecule has 39 heavy (non-hydrogen) atoms. The summed E-state index contributed by atoms with van der Waals surface area (Å²) in [5.74, 6) is -0.726. The molecular formula is C25H20F5N9. The zero-order chi connectivity index (χ0) is 27.1. The number of anilines is 1. The molecule has 200 valence electrons. The van der Waals surface area contributed by atoms with Gasteiger partial charge in [-0.05, 0) is 52.9 Å². The van der Waals surface area contributed by atoms with Gasteiger partial charge in [0.2, 0.25) is 5.95 Å². The van der Waals surface area contributed by atoms with E-state index < -0.39 is 23.4 Å². The van der Waals surface area contributed by atoms with Crippen molar-refractivity contribution in [2.24, 2.45) is 0 Å². The summed E-state index contributed by atoms with van der Waals surface area (Å²) in [7, 11) is 0. The molecule has 5 heterocycles. The number of piperidine rings is 1. The number of fused-ring (bicyclic) bond motifs is 1. The van der Waals surface area contributed by atoms with Gasteiger partial charge >= 0.3 is 6.18 Å². The Balaban J connectivity index is 1.14. The second kappa shape index (κ2) is 9.67. The molecule has 0 N–H and O–H groups in total. The minimum Gasteiger partial charge on any atom is -0.341 e. The Bertz CT molecular complexity index is 1610. The number of rotatable bonds is 5. The lowest BCUT2D eigenvalue weighted by Crippen LogP contribution is -2.34. The molecule has 1 aliphatic heterocycles. The van der Waals surface area contributed by atoms with Crippen molar-refractivity contribution >= 4 is 16.9 Å². The van der Waals surface area contributed by atoms with Crippen LogP contribution in [0.1, 0.15) is 35.6 Å². The first-order valence-corrected chi connectivity index (χ1v) is 12.1. The summed E-state index contributed by atoms with van der Waals surface area (Å²) in [5, 5.41) is 11.5. The molecule has 9 nitrogen and oxygen atoms in total. The summed E-state index contributed by atoms with van der Waals surface area (Å²) in [6.07, 6.45) is 3.02. The third kappa shape index (κ3) is 4.89. The molecule has 0 aliphatic carbocycles. The zero-order valence-corrected chi connectivity index (χ0v) is 20.2. The Morgan fingerprint density at radius 1 is 0.923 bits per heavy atom. The topological polar surface area (TPSA) is 90.4 Å². The first kappa shape index (κ1) is 24.8. The molecular weight excluding hydrogens is 521 g/mol. The molecule has 0 amide bonds. The van der Waals surface area contributed by atoms with Gasteiger partial charge in [0.15, 0.2) is 0 Å².